The fourth-order valence-electron chi connectivity index (χ4n) is 4.92. The monoisotopic (exact) mass is 714 g/mol. The van der Waals surface area contributed by atoms with Crippen molar-refractivity contribution in [3.05, 3.63) is 156 Å². The second-order valence-electron chi connectivity index (χ2n) is 10.4. The molecule has 0 bridgehead atoms. The van der Waals surface area contributed by atoms with E-state index < -0.39 is 25.8 Å². The minimum absolute atomic E-state index is 0.000831. The Labute approximate surface area is 287 Å². The lowest BCUT2D eigenvalue weighted by molar-refractivity contribution is 0.152. The highest BCUT2D eigenvalue weighted by Gasteiger charge is 2.24. The number of sulfone groups is 2. The van der Waals surface area contributed by atoms with Crippen molar-refractivity contribution in [2.45, 2.75) is 19.6 Å². The van der Waals surface area contributed by atoms with Gasteiger partial charge in [-0.05, 0) is 83.9 Å². The maximum absolute atomic E-state index is 13.5. The molecule has 7 nitrogen and oxygen atoms in total. The van der Waals surface area contributed by atoms with Crippen LogP contribution in [0.25, 0.3) is 22.3 Å². The molecule has 0 saturated heterocycles. The zero-order valence-corrected chi connectivity index (χ0v) is 27.9. The highest BCUT2D eigenvalue weighted by Crippen LogP contribution is 2.37. The van der Waals surface area contributed by atoms with E-state index in [1.807, 2.05) is 12.1 Å². The van der Waals surface area contributed by atoms with E-state index in [1.54, 1.807) is 48.5 Å². The first-order chi connectivity index (χ1) is 23.0. The predicted molar refractivity (Wildman–Crippen MR) is 184 cm³/mol. The molecule has 6 aromatic rings. The summed E-state index contributed by atoms with van der Waals surface area (Å²) in [6.45, 7) is 0. The molecule has 0 atom stereocenters. The fraction of sp³-hybridized carbons (Fsp3) is 0. The van der Waals surface area contributed by atoms with Crippen molar-refractivity contribution in [3.63, 3.8) is 0 Å². The second kappa shape index (κ2) is 13.7. The van der Waals surface area contributed by atoms with Gasteiger partial charge < -0.3 is 9.47 Å². The maximum atomic E-state index is 13.5. The van der Waals surface area contributed by atoms with E-state index in [2.05, 4.69) is 0 Å². The number of hydrogen-bond donors (Lipinski definition) is 0. The van der Waals surface area contributed by atoms with Crippen LogP contribution < -0.4 is 9.47 Å². The molecular formula is C37H24Cl2O7S2. The molecule has 0 spiro atoms. The summed E-state index contributed by atoms with van der Waals surface area (Å²) in [7, 11) is -8.06. The lowest BCUT2D eigenvalue weighted by Crippen LogP contribution is -2.16. The van der Waals surface area contributed by atoms with Gasteiger partial charge >= 0.3 is 6.16 Å². The molecule has 0 heterocycles. The van der Waals surface area contributed by atoms with Gasteiger partial charge in [0.1, 0.15) is 11.5 Å². The summed E-state index contributed by atoms with van der Waals surface area (Å²) in [5.41, 5.74) is 2.14. The predicted octanol–water partition coefficient (Wildman–Crippen LogP) is 9.57. The standard InChI is InChI=1S/C37H24Cl2O7S2/c38-27-11-15-29(16-12-27)47(41,42)31-19-21-33(25-7-3-1-4-8-25)35(23-31)45-37(40)46-36-24-32(20-22-34(36)26-9-5-2-6-10-26)48(43,44)30-17-13-28(39)14-18-30/h1-24H. The molecule has 0 aliphatic carbocycles. The third kappa shape index (κ3) is 7.00. The normalized spacial score (nSPS) is 11.5. The van der Waals surface area contributed by atoms with Crippen LogP contribution >= 0.6 is 23.2 Å². The average molecular weight is 716 g/mol. The fourth-order valence-corrected chi connectivity index (χ4v) is 7.72. The highest BCUT2D eigenvalue weighted by molar-refractivity contribution is 7.91. The molecule has 48 heavy (non-hydrogen) atoms. The molecule has 0 fully saturated rings. The van der Waals surface area contributed by atoms with Crippen LogP contribution in [0.2, 0.25) is 10.0 Å². The van der Waals surface area contributed by atoms with Crippen molar-refractivity contribution in [2.75, 3.05) is 0 Å². The summed E-state index contributed by atoms with van der Waals surface area (Å²) in [4.78, 5) is 13.2. The topological polar surface area (TPSA) is 104 Å². The van der Waals surface area contributed by atoms with Gasteiger partial charge in [-0.1, -0.05) is 83.9 Å². The van der Waals surface area contributed by atoms with Crippen LogP contribution in [0.4, 0.5) is 4.79 Å². The highest BCUT2D eigenvalue weighted by atomic mass is 35.5. The van der Waals surface area contributed by atoms with Crippen molar-refractivity contribution < 1.29 is 31.1 Å². The van der Waals surface area contributed by atoms with Gasteiger partial charge in [0.15, 0.2) is 0 Å². The largest absolute Gasteiger partial charge is 0.519 e. The smallest absolute Gasteiger partial charge is 0.394 e. The zero-order chi connectivity index (χ0) is 33.9. The summed E-state index contributed by atoms with van der Waals surface area (Å²) in [5, 5.41) is 0.750. The summed E-state index contributed by atoms with van der Waals surface area (Å²) in [6, 6.07) is 37.7. The quantitative estimate of drug-likeness (QED) is 0.114. The molecule has 6 rings (SSSR count). The van der Waals surface area contributed by atoms with E-state index >= 15 is 0 Å². The van der Waals surface area contributed by atoms with E-state index in [9.17, 15) is 21.6 Å². The maximum Gasteiger partial charge on any atom is 0.519 e. The summed E-state index contributed by atoms with van der Waals surface area (Å²) in [5.74, 6) is -0.181. The zero-order valence-electron chi connectivity index (χ0n) is 24.8. The van der Waals surface area contributed by atoms with Crippen LogP contribution in [0.1, 0.15) is 0 Å². The molecule has 6 aromatic carbocycles. The molecule has 0 unspecified atom stereocenters. The second-order valence-corrected chi connectivity index (χ2v) is 15.2. The molecule has 0 N–H and O–H groups in total. The molecule has 240 valence electrons. The molecule has 11 heteroatoms. The van der Waals surface area contributed by atoms with Crippen LogP contribution in [0.15, 0.2) is 165 Å². The van der Waals surface area contributed by atoms with Gasteiger partial charge in [-0.25, -0.2) is 21.6 Å². The van der Waals surface area contributed by atoms with Crippen molar-refractivity contribution in [2.24, 2.45) is 0 Å². The molecule has 0 saturated carbocycles. The number of halogens is 2. The average Bonchev–Trinajstić information content (AvgIpc) is 3.09. The molecule has 0 aliphatic heterocycles. The number of carbonyl (C=O) groups excluding carboxylic acids is 1. The van der Waals surface area contributed by atoms with E-state index in [0.717, 1.165) is 0 Å². The number of carbonyl (C=O) groups is 1. The Morgan fingerprint density at radius 2 is 0.771 bits per heavy atom. The Balaban J connectivity index is 1.40. The first kappa shape index (κ1) is 33.0. The minimum Gasteiger partial charge on any atom is -0.394 e. The van der Waals surface area contributed by atoms with Crippen molar-refractivity contribution >= 4 is 49.0 Å². The summed E-state index contributed by atoms with van der Waals surface area (Å²) >= 11 is 11.9. The van der Waals surface area contributed by atoms with Crippen molar-refractivity contribution in [3.8, 4) is 33.8 Å². The van der Waals surface area contributed by atoms with E-state index in [1.165, 1.54) is 84.9 Å². The van der Waals surface area contributed by atoms with Crippen molar-refractivity contribution in [1.29, 1.82) is 0 Å². The van der Waals surface area contributed by atoms with Crippen LogP contribution in [0.3, 0.4) is 0 Å². The Morgan fingerprint density at radius 3 is 1.12 bits per heavy atom. The first-order valence-electron chi connectivity index (χ1n) is 14.3. The Kier molecular flexibility index (Phi) is 9.39. The summed E-state index contributed by atoms with van der Waals surface area (Å²) < 4.78 is 65.4. The third-order valence-corrected chi connectivity index (χ3v) is 11.4. The molecule has 0 aromatic heterocycles. The Bertz CT molecular complexity index is 2160. The van der Waals surface area contributed by atoms with Gasteiger partial charge in [0.05, 0.1) is 19.6 Å². The van der Waals surface area contributed by atoms with Gasteiger partial charge in [0, 0.05) is 33.3 Å². The van der Waals surface area contributed by atoms with Crippen LogP contribution in [0, 0.1) is 0 Å². The lowest BCUT2D eigenvalue weighted by atomic mass is 10.0. The van der Waals surface area contributed by atoms with Crippen LogP contribution in [-0.2, 0) is 19.7 Å². The SMILES string of the molecule is O=C(Oc1cc(S(=O)(=O)c2ccc(Cl)cc2)ccc1-c1ccccc1)Oc1cc(S(=O)(=O)c2ccc(Cl)cc2)ccc1-c1ccccc1. The number of hydrogen-bond acceptors (Lipinski definition) is 7. The van der Waals surface area contributed by atoms with E-state index in [0.29, 0.717) is 32.3 Å². The van der Waals surface area contributed by atoms with E-state index in [4.69, 9.17) is 32.7 Å². The molecule has 0 radical (unpaired) electrons. The first-order valence-corrected chi connectivity index (χ1v) is 18.0. The molecule has 0 aliphatic rings. The van der Waals surface area contributed by atoms with E-state index in [-0.39, 0.29) is 31.1 Å². The van der Waals surface area contributed by atoms with Crippen LogP contribution in [0.5, 0.6) is 11.5 Å². The molecular weight excluding hydrogens is 691 g/mol. The van der Waals surface area contributed by atoms with Gasteiger partial charge in [0.2, 0.25) is 19.7 Å². The number of rotatable bonds is 8. The van der Waals surface area contributed by atoms with Crippen molar-refractivity contribution in [1.82, 2.24) is 0 Å². The molecule has 0 amide bonds. The minimum atomic E-state index is -4.03. The lowest BCUT2D eigenvalue weighted by Gasteiger charge is -2.15. The Morgan fingerprint density at radius 1 is 0.438 bits per heavy atom. The number of ether oxygens (including phenoxy) is 2. The van der Waals surface area contributed by atoms with Gasteiger partial charge in [-0.15, -0.1) is 0 Å². The Hall–Kier alpha value is -4.93. The van der Waals surface area contributed by atoms with Gasteiger partial charge in [-0.3, -0.25) is 0 Å². The summed E-state index contributed by atoms with van der Waals surface area (Å²) in [6.07, 6.45) is -1.22. The number of benzene rings is 6. The van der Waals surface area contributed by atoms with Gasteiger partial charge in [-0.2, -0.15) is 0 Å². The van der Waals surface area contributed by atoms with Crippen LogP contribution in [-0.4, -0.2) is 23.0 Å². The third-order valence-electron chi connectivity index (χ3n) is 7.33. The van der Waals surface area contributed by atoms with Gasteiger partial charge in [0.25, 0.3) is 0 Å².